The molecule has 6 heteroatoms. The highest BCUT2D eigenvalue weighted by molar-refractivity contribution is 14.0. The number of rotatable bonds is 9. The van der Waals surface area contributed by atoms with E-state index in [9.17, 15) is 0 Å². The molecule has 0 aromatic heterocycles. The van der Waals surface area contributed by atoms with Crippen LogP contribution >= 0.6 is 24.0 Å². The fourth-order valence-electron chi connectivity index (χ4n) is 3.00. The largest absolute Gasteiger partial charge is 0.489 e. The van der Waals surface area contributed by atoms with Crippen molar-refractivity contribution in [1.82, 2.24) is 10.2 Å². The van der Waals surface area contributed by atoms with E-state index in [4.69, 9.17) is 14.5 Å². The zero-order chi connectivity index (χ0) is 17.9. The molecule has 2 rings (SSSR count). The molecule has 2 atom stereocenters. The summed E-state index contributed by atoms with van der Waals surface area (Å²) in [6.07, 6.45) is 2.20. The van der Waals surface area contributed by atoms with Crippen LogP contribution in [0, 0.1) is 5.92 Å². The standard InChI is InChI=1S/C20H33N3O2.HI/c1-4-18(25-19-10-8-7-9-11-19)14-22-20(21-5-2)23-13-12-17(15-23)16-24-6-3;/h7-11,17-18H,4-6,12-16H2,1-3H3,(H,21,22);1H. The van der Waals surface area contributed by atoms with E-state index in [1.807, 2.05) is 30.3 Å². The minimum Gasteiger partial charge on any atom is -0.489 e. The third-order valence-electron chi connectivity index (χ3n) is 4.42. The van der Waals surface area contributed by atoms with Crippen molar-refractivity contribution in [2.24, 2.45) is 10.9 Å². The SMILES string of the molecule is CCNC(=NCC(CC)Oc1ccccc1)N1CCC(COCC)C1.I. The summed E-state index contributed by atoms with van der Waals surface area (Å²) in [6.45, 7) is 11.5. The number of nitrogens with one attached hydrogen (secondary N) is 1. The Morgan fingerprint density at radius 2 is 2.04 bits per heavy atom. The van der Waals surface area contributed by atoms with Crippen molar-refractivity contribution in [3.05, 3.63) is 30.3 Å². The minimum atomic E-state index is 0. The first-order chi connectivity index (χ1) is 12.3. The fraction of sp³-hybridized carbons (Fsp3) is 0.650. The van der Waals surface area contributed by atoms with Gasteiger partial charge < -0.3 is 19.7 Å². The number of benzene rings is 1. The number of hydrogen-bond donors (Lipinski definition) is 1. The number of aliphatic imine (C=N–C) groups is 1. The van der Waals surface area contributed by atoms with Crippen LogP contribution in [0.15, 0.2) is 35.3 Å². The van der Waals surface area contributed by atoms with Crippen LogP contribution in [0.5, 0.6) is 5.75 Å². The Hall–Kier alpha value is -1.02. The number of nitrogens with zero attached hydrogens (tertiary/aromatic N) is 2. The molecule has 1 fully saturated rings. The number of guanidine groups is 1. The first-order valence-electron chi connectivity index (χ1n) is 9.59. The average Bonchev–Trinajstić information content (AvgIpc) is 3.11. The summed E-state index contributed by atoms with van der Waals surface area (Å²) in [5.74, 6) is 2.51. The molecule has 0 saturated carbocycles. The maximum Gasteiger partial charge on any atom is 0.194 e. The lowest BCUT2D eigenvalue weighted by Gasteiger charge is -2.23. The van der Waals surface area contributed by atoms with Crippen molar-refractivity contribution in [2.45, 2.75) is 39.7 Å². The van der Waals surface area contributed by atoms with Crippen molar-refractivity contribution < 1.29 is 9.47 Å². The highest BCUT2D eigenvalue weighted by atomic mass is 127. The van der Waals surface area contributed by atoms with Crippen molar-refractivity contribution in [1.29, 1.82) is 0 Å². The number of ether oxygens (including phenoxy) is 2. The van der Waals surface area contributed by atoms with Crippen LogP contribution in [-0.2, 0) is 4.74 Å². The Kier molecular flexibility index (Phi) is 11.7. The number of para-hydroxylation sites is 1. The van der Waals surface area contributed by atoms with Crippen molar-refractivity contribution in [3.63, 3.8) is 0 Å². The van der Waals surface area contributed by atoms with E-state index in [-0.39, 0.29) is 30.1 Å². The molecule has 1 saturated heterocycles. The van der Waals surface area contributed by atoms with Gasteiger partial charge in [-0.2, -0.15) is 0 Å². The van der Waals surface area contributed by atoms with Gasteiger partial charge in [-0.15, -0.1) is 24.0 Å². The number of halogens is 1. The second-order valence-electron chi connectivity index (χ2n) is 6.42. The summed E-state index contributed by atoms with van der Waals surface area (Å²) in [5, 5.41) is 3.42. The van der Waals surface area contributed by atoms with Gasteiger partial charge in [0.05, 0.1) is 13.2 Å². The number of likely N-dealkylation sites (tertiary alicyclic amines) is 1. The molecule has 1 aliphatic rings. The van der Waals surface area contributed by atoms with Gasteiger partial charge in [0.2, 0.25) is 0 Å². The Morgan fingerprint density at radius 1 is 1.27 bits per heavy atom. The van der Waals surface area contributed by atoms with Crippen LogP contribution in [0.25, 0.3) is 0 Å². The van der Waals surface area contributed by atoms with Crippen LogP contribution in [0.1, 0.15) is 33.6 Å². The Labute approximate surface area is 175 Å². The second kappa shape index (κ2) is 13.2. The Balaban J connectivity index is 0.00000338. The smallest absolute Gasteiger partial charge is 0.194 e. The molecule has 0 aliphatic carbocycles. The van der Waals surface area contributed by atoms with E-state index in [1.54, 1.807) is 0 Å². The molecule has 0 bridgehead atoms. The van der Waals surface area contributed by atoms with Crippen LogP contribution in [0.2, 0.25) is 0 Å². The summed E-state index contributed by atoms with van der Waals surface area (Å²) in [7, 11) is 0. The quantitative estimate of drug-likeness (QED) is 0.336. The first kappa shape index (κ1) is 23.0. The third-order valence-corrected chi connectivity index (χ3v) is 4.42. The predicted molar refractivity (Wildman–Crippen MR) is 119 cm³/mol. The topological polar surface area (TPSA) is 46.1 Å². The maximum absolute atomic E-state index is 6.06. The molecule has 1 aromatic carbocycles. The molecule has 26 heavy (non-hydrogen) atoms. The lowest BCUT2D eigenvalue weighted by Crippen LogP contribution is -2.41. The molecule has 1 aromatic rings. The summed E-state index contributed by atoms with van der Waals surface area (Å²) < 4.78 is 11.6. The van der Waals surface area contributed by atoms with E-state index >= 15 is 0 Å². The van der Waals surface area contributed by atoms with Crippen LogP contribution in [0.3, 0.4) is 0 Å². The zero-order valence-corrected chi connectivity index (χ0v) is 18.6. The van der Waals surface area contributed by atoms with Gasteiger partial charge in [0.15, 0.2) is 5.96 Å². The molecule has 5 nitrogen and oxygen atoms in total. The van der Waals surface area contributed by atoms with Gasteiger partial charge in [-0.1, -0.05) is 25.1 Å². The van der Waals surface area contributed by atoms with Gasteiger partial charge in [0, 0.05) is 32.2 Å². The van der Waals surface area contributed by atoms with Crippen LogP contribution < -0.4 is 10.1 Å². The van der Waals surface area contributed by atoms with E-state index in [1.165, 1.54) is 6.42 Å². The zero-order valence-electron chi connectivity index (χ0n) is 16.3. The molecule has 1 aliphatic heterocycles. The number of hydrogen-bond acceptors (Lipinski definition) is 3. The Bertz CT molecular complexity index is 513. The summed E-state index contributed by atoms with van der Waals surface area (Å²) in [5.41, 5.74) is 0. The maximum atomic E-state index is 6.06. The average molecular weight is 475 g/mol. The lowest BCUT2D eigenvalue weighted by atomic mass is 10.1. The van der Waals surface area contributed by atoms with Crippen molar-refractivity contribution in [2.75, 3.05) is 39.4 Å². The van der Waals surface area contributed by atoms with Gasteiger partial charge in [-0.25, -0.2) is 4.99 Å². The fourth-order valence-corrected chi connectivity index (χ4v) is 3.00. The summed E-state index contributed by atoms with van der Waals surface area (Å²) in [4.78, 5) is 7.19. The highest BCUT2D eigenvalue weighted by Crippen LogP contribution is 2.17. The van der Waals surface area contributed by atoms with E-state index < -0.39 is 0 Å². The normalized spacial score (nSPS) is 18.3. The molecule has 148 valence electrons. The molecule has 0 radical (unpaired) electrons. The van der Waals surface area contributed by atoms with Crippen LogP contribution in [-0.4, -0.2) is 56.4 Å². The monoisotopic (exact) mass is 475 g/mol. The van der Waals surface area contributed by atoms with E-state index in [2.05, 4.69) is 31.0 Å². The second-order valence-corrected chi connectivity index (χ2v) is 6.42. The lowest BCUT2D eigenvalue weighted by molar-refractivity contribution is 0.114. The highest BCUT2D eigenvalue weighted by Gasteiger charge is 2.25. The minimum absolute atomic E-state index is 0. The van der Waals surface area contributed by atoms with Gasteiger partial charge in [0.1, 0.15) is 11.9 Å². The van der Waals surface area contributed by atoms with Crippen molar-refractivity contribution in [3.8, 4) is 5.75 Å². The summed E-state index contributed by atoms with van der Waals surface area (Å²) in [6, 6.07) is 9.99. The van der Waals surface area contributed by atoms with Crippen LogP contribution in [0.4, 0.5) is 0 Å². The van der Waals surface area contributed by atoms with Gasteiger partial charge >= 0.3 is 0 Å². The molecule has 2 unspecified atom stereocenters. The van der Waals surface area contributed by atoms with Gasteiger partial charge in [-0.05, 0) is 38.8 Å². The molecule has 0 spiro atoms. The van der Waals surface area contributed by atoms with E-state index in [0.29, 0.717) is 12.5 Å². The van der Waals surface area contributed by atoms with Crippen molar-refractivity contribution >= 4 is 29.9 Å². The molecule has 0 amide bonds. The van der Waals surface area contributed by atoms with Gasteiger partial charge in [0.25, 0.3) is 0 Å². The molecular weight excluding hydrogens is 441 g/mol. The molecular formula is C20H34IN3O2. The third kappa shape index (κ3) is 7.70. The Morgan fingerprint density at radius 3 is 2.69 bits per heavy atom. The van der Waals surface area contributed by atoms with E-state index in [0.717, 1.165) is 51.0 Å². The molecule has 1 N–H and O–H groups in total. The predicted octanol–water partition coefficient (Wildman–Crippen LogP) is 3.79. The molecule has 1 heterocycles. The summed E-state index contributed by atoms with van der Waals surface area (Å²) >= 11 is 0. The van der Waals surface area contributed by atoms with Gasteiger partial charge in [-0.3, -0.25) is 0 Å². The first-order valence-corrected chi connectivity index (χ1v) is 9.59.